The van der Waals surface area contributed by atoms with E-state index in [1.54, 1.807) is 31.2 Å². The van der Waals surface area contributed by atoms with Crippen LogP contribution in [0.25, 0.3) is 0 Å². The van der Waals surface area contributed by atoms with Crippen LogP contribution >= 0.6 is 11.8 Å². The third-order valence-corrected chi connectivity index (χ3v) is 4.68. The Morgan fingerprint density at radius 2 is 1.73 bits per heavy atom. The Balaban J connectivity index is 2.00. The predicted octanol–water partition coefficient (Wildman–Crippen LogP) is 2.91. The smallest absolute Gasteiger partial charge is 0.246 e. The number of ketones is 1. The van der Waals surface area contributed by atoms with Crippen LogP contribution in [0.4, 0.5) is 11.4 Å². The molecule has 0 spiro atoms. The minimum Gasteiger partial charge on any atom is -0.373 e. The molecule has 0 heterocycles. The van der Waals surface area contributed by atoms with E-state index in [4.69, 9.17) is 5.73 Å². The van der Waals surface area contributed by atoms with Crippen LogP contribution in [0, 0.1) is 0 Å². The summed E-state index contributed by atoms with van der Waals surface area (Å²) >= 11 is 1.32. The first kappa shape index (κ1) is 19.5. The molecule has 0 unspecified atom stereocenters. The van der Waals surface area contributed by atoms with Gasteiger partial charge in [0.2, 0.25) is 11.8 Å². The molecular formula is C19H21N3O3S. The molecule has 0 aromatic heterocycles. The van der Waals surface area contributed by atoms with Crippen LogP contribution in [0.5, 0.6) is 0 Å². The van der Waals surface area contributed by atoms with Gasteiger partial charge in [-0.1, -0.05) is 12.1 Å². The number of anilines is 2. The highest BCUT2D eigenvalue weighted by Crippen LogP contribution is 2.27. The molecule has 2 aromatic rings. The summed E-state index contributed by atoms with van der Waals surface area (Å²) in [4.78, 5) is 35.5. The predicted molar refractivity (Wildman–Crippen MR) is 105 cm³/mol. The van der Waals surface area contributed by atoms with E-state index >= 15 is 0 Å². The zero-order chi connectivity index (χ0) is 19.1. The fourth-order valence-corrected chi connectivity index (χ4v) is 2.95. The lowest BCUT2D eigenvalue weighted by Crippen LogP contribution is -2.32. The molecule has 7 heteroatoms. The summed E-state index contributed by atoms with van der Waals surface area (Å²) in [7, 11) is 0. The SMILES string of the molecule is CC(=O)c1ccc(NC(=O)[C@H](C)Nc2ccccc2SCC(N)=O)cc1. The lowest BCUT2D eigenvalue weighted by Gasteiger charge is -2.17. The van der Waals surface area contributed by atoms with Gasteiger partial charge < -0.3 is 16.4 Å². The summed E-state index contributed by atoms with van der Waals surface area (Å²) in [6.07, 6.45) is 0. The maximum atomic E-state index is 12.4. The number of thioether (sulfide) groups is 1. The van der Waals surface area contributed by atoms with Gasteiger partial charge in [0.15, 0.2) is 5.78 Å². The van der Waals surface area contributed by atoms with Crippen LogP contribution in [0.2, 0.25) is 0 Å². The van der Waals surface area contributed by atoms with Gasteiger partial charge in [-0.25, -0.2) is 0 Å². The largest absolute Gasteiger partial charge is 0.373 e. The second-order valence-corrected chi connectivity index (χ2v) is 6.76. The number of Topliss-reactive ketones (excluding diaryl/α,β-unsaturated/α-hetero) is 1. The minimum atomic E-state index is -0.502. The van der Waals surface area contributed by atoms with Gasteiger partial charge in [0.25, 0.3) is 0 Å². The molecule has 0 aliphatic rings. The molecule has 0 bridgehead atoms. The fraction of sp³-hybridized carbons (Fsp3) is 0.211. The third-order valence-electron chi connectivity index (χ3n) is 3.58. The number of benzene rings is 2. The summed E-state index contributed by atoms with van der Waals surface area (Å²) in [5, 5.41) is 5.95. The molecule has 2 aromatic carbocycles. The lowest BCUT2D eigenvalue weighted by atomic mass is 10.1. The van der Waals surface area contributed by atoms with Crippen LogP contribution in [-0.2, 0) is 9.59 Å². The molecule has 0 saturated heterocycles. The second kappa shape index (κ2) is 9.05. The molecule has 0 aliphatic carbocycles. The number of primary amides is 1. The first-order valence-corrected chi connectivity index (χ1v) is 9.04. The molecular weight excluding hydrogens is 350 g/mol. The maximum Gasteiger partial charge on any atom is 0.246 e. The third kappa shape index (κ3) is 5.63. The molecule has 0 radical (unpaired) electrons. The minimum absolute atomic E-state index is 0.0250. The number of carbonyl (C=O) groups is 3. The summed E-state index contributed by atoms with van der Waals surface area (Å²) in [6.45, 7) is 3.24. The molecule has 136 valence electrons. The Morgan fingerprint density at radius 3 is 2.35 bits per heavy atom. The van der Waals surface area contributed by atoms with Crippen molar-refractivity contribution >= 4 is 40.7 Å². The van der Waals surface area contributed by atoms with Gasteiger partial charge in [0.1, 0.15) is 6.04 Å². The summed E-state index contributed by atoms with van der Waals surface area (Å²) < 4.78 is 0. The van der Waals surface area contributed by atoms with E-state index in [-0.39, 0.29) is 17.4 Å². The van der Waals surface area contributed by atoms with E-state index in [0.717, 1.165) is 10.6 Å². The Bertz CT molecular complexity index is 806. The topological polar surface area (TPSA) is 101 Å². The molecule has 26 heavy (non-hydrogen) atoms. The Kier molecular flexibility index (Phi) is 6.80. The molecule has 0 saturated carbocycles. The van der Waals surface area contributed by atoms with Crippen molar-refractivity contribution in [1.29, 1.82) is 0 Å². The van der Waals surface area contributed by atoms with Crippen LogP contribution < -0.4 is 16.4 Å². The second-order valence-electron chi connectivity index (χ2n) is 5.74. The normalized spacial score (nSPS) is 11.5. The molecule has 0 aliphatic heterocycles. The Morgan fingerprint density at radius 1 is 1.08 bits per heavy atom. The lowest BCUT2D eigenvalue weighted by molar-refractivity contribution is -0.117. The highest BCUT2D eigenvalue weighted by atomic mass is 32.2. The van der Waals surface area contributed by atoms with Crippen molar-refractivity contribution in [3.63, 3.8) is 0 Å². The molecule has 4 N–H and O–H groups in total. The van der Waals surface area contributed by atoms with E-state index in [2.05, 4.69) is 10.6 Å². The zero-order valence-electron chi connectivity index (χ0n) is 14.6. The van der Waals surface area contributed by atoms with Gasteiger partial charge in [0.05, 0.1) is 5.75 Å². The standard InChI is InChI=1S/C19H21N3O3S/c1-12(19(25)22-15-9-7-14(8-10-15)13(2)23)21-16-5-3-4-6-17(16)26-11-18(20)24/h3-10,12,21H,11H2,1-2H3,(H2,20,24)(H,22,25)/t12-/m0/s1. The highest BCUT2D eigenvalue weighted by Gasteiger charge is 2.15. The van der Waals surface area contributed by atoms with E-state index in [9.17, 15) is 14.4 Å². The highest BCUT2D eigenvalue weighted by molar-refractivity contribution is 8.00. The van der Waals surface area contributed by atoms with E-state index in [1.165, 1.54) is 18.7 Å². The van der Waals surface area contributed by atoms with Crippen molar-refractivity contribution in [1.82, 2.24) is 0 Å². The molecule has 0 fully saturated rings. The monoisotopic (exact) mass is 371 g/mol. The Hall–Kier alpha value is -2.80. The molecule has 6 nitrogen and oxygen atoms in total. The van der Waals surface area contributed by atoms with Gasteiger partial charge in [-0.05, 0) is 50.2 Å². The van der Waals surface area contributed by atoms with Crippen molar-refractivity contribution in [2.45, 2.75) is 24.8 Å². The van der Waals surface area contributed by atoms with Gasteiger partial charge in [0, 0.05) is 21.8 Å². The van der Waals surface area contributed by atoms with Crippen molar-refractivity contribution in [3.8, 4) is 0 Å². The molecule has 2 amide bonds. The summed E-state index contributed by atoms with van der Waals surface area (Å²) in [6, 6.07) is 13.6. The summed E-state index contributed by atoms with van der Waals surface area (Å²) in [5.74, 6) is -0.468. The maximum absolute atomic E-state index is 12.4. The van der Waals surface area contributed by atoms with Crippen molar-refractivity contribution < 1.29 is 14.4 Å². The average Bonchev–Trinajstić information content (AvgIpc) is 2.61. The van der Waals surface area contributed by atoms with E-state index < -0.39 is 11.9 Å². The first-order valence-electron chi connectivity index (χ1n) is 8.05. The fourth-order valence-electron chi connectivity index (χ4n) is 2.20. The zero-order valence-corrected chi connectivity index (χ0v) is 15.4. The number of amides is 2. The van der Waals surface area contributed by atoms with E-state index in [0.29, 0.717) is 11.3 Å². The number of nitrogens with one attached hydrogen (secondary N) is 2. The number of carbonyl (C=O) groups excluding carboxylic acids is 3. The van der Waals surface area contributed by atoms with Gasteiger partial charge >= 0.3 is 0 Å². The number of hydrogen-bond donors (Lipinski definition) is 3. The van der Waals surface area contributed by atoms with Crippen molar-refractivity contribution in [3.05, 3.63) is 54.1 Å². The first-order chi connectivity index (χ1) is 12.4. The van der Waals surface area contributed by atoms with Gasteiger partial charge in [-0.2, -0.15) is 0 Å². The number of nitrogens with two attached hydrogens (primary N) is 1. The number of hydrogen-bond acceptors (Lipinski definition) is 5. The quantitative estimate of drug-likeness (QED) is 0.489. The average molecular weight is 371 g/mol. The van der Waals surface area contributed by atoms with E-state index in [1.807, 2.05) is 24.3 Å². The Labute approximate surface area is 156 Å². The molecule has 1 atom stereocenters. The van der Waals surface area contributed by atoms with Gasteiger partial charge in [-0.15, -0.1) is 11.8 Å². The van der Waals surface area contributed by atoms with Crippen LogP contribution in [0.1, 0.15) is 24.2 Å². The molecule has 2 rings (SSSR count). The van der Waals surface area contributed by atoms with Crippen molar-refractivity contribution in [2.75, 3.05) is 16.4 Å². The van der Waals surface area contributed by atoms with Crippen LogP contribution in [0.3, 0.4) is 0 Å². The van der Waals surface area contributed by atoms with Gasteiger partial charge in [-0.3, -0.25) is 14.4 Å². The van der Waals surface area contributed by atoms with Crippen molar-refractivity contribution in [2.24, 2.45) is 5.73 Å². The summed E-state index contributed by atoms with van der Waals surface area (Å²) in [5.41, 5.74) is 7.16. The number of rotatable bonds is 8. The van der Waals surface area contributed by atoms with Crippen LogP contribution in [-0.4, -0.2) is 29.4 Å². The van der Waals surface area contributed by atoms with Crippen LogP contribution in [0.15, 0.2) is 53.4 Å². The number of para-hydroxylation sites is 1.